The molecular weight excluding hydrogens is 494 g/mol. The Balaban J connectivity index is 1.59. The van der Waals surface area contributed by atoms with Gasteiger partial charge in [-0.1, -0.05) is 57.4 Å². The number of ether oxygens (including phenoxy) is 3. The number of esters is 1. The Morgan fingerprint density at radius 3 is 2.62 bits per heavy atom. The molecule has 3 aromatic rings. The number of aryl methyl sites for hydroxylation is 1. The van der Waals surface area contributed by atoms with E-state index in [9.17, 15) is 4.79 Å². The molecule has 0 saturated heterocycles. The first-order chi connectivity index (χ1) is 15.4. The van der Waals surface area contributed by atoms with E-state index >= 15 is 0 Å². The number of carbonyl (C=O) groups excluding carboxylic acids is 1. The Bertz CT molecular complexity index is 1240. The van der Waals surface area contributed by atoms with E-state index in [0.29, 0.717) is 28.7 Å². The van der Waals surface area contributed by atoms with Crippen molar-refractivity contribution in [2.24, 2.45) is 4.99 Å². The molecule has 0 atom stereocenters. The summed E-state index contributed by atoms with van der Waals surface area (Å²) < 4.78 is 17.7. The Kier molecular flexibility index (Phi) is 6.63. The van der Waals surface area contributed by atoms with Gasteiger partial charge in [-0.05, 0) is 60.5 Å². The number of benzene rings is 3. The van der Waals surface area contributed by atoms with E-state index in [1.54, 1.807) is 18.2 Å². The highest BCUT2D eigenvalue weighted by molar-refractivity contribution is 9.10. The van der Waals surface area contributed by atoms with Gasteiger partial charge in [0.15, 0.2) is 17.2 Å². The van der Waals surface area contributed by atoms with Crippen molar-refractivity contribution in [3.05, 3.63) is 98.1 Å². The highest BCUT2D eigenvalue weighted by Gasteiger charge is 2.24. The molecule has 0 radical (unpaired) electrons. The first-order valence-corrected chi connectivity index (χ1v) is 10.9. The van der Waals surface area contributed by atoms with Crippen LogP contribution in [0.15, 0.2) is 75.8 Å². The smallest absolute Gasteiger partial charge is 0.363 e. The molecule has 0 bridgehead atoms. The van der Waals surface area contributed by atoms with E-state index in [0.717, 1.165) is 21.2 Å². The average Bonchev–Trinajstić information content (AvgIpc) is 3.13. The van der Waals surface area contributed by atoms with Crippen molar-refractivity contribution in [2.75, 3.05) is 7.11 Å². The molecule has 0 amide bonds. The summed E-state index contributed by atoms with van der Waals surface area (Å²) in [5.41, 5.74) is 3.65. The van der Waals surface area contributed by atoms with Crippen LogP contribution in [0, 0.1) is 6.92 Å². The predicted octanol–water partition coefficient (Wildman–Crippen LogP) is 6.34. The van der Waals surface area contributed by atoms with Crippen LogP contribution in [-0.4, -0.2) is 19.0 Å². The summed E-state index contributed by atoms with van der Waals surface area (Å²) in [5.74, 6) is 0.626. The van der Waals surface area contributed by atoms with E-state index in [-0.39, 0.29) is 11.6 Å². The molecule has 5 nitrogen and oxygen atoms in total. The highest BCUT2D eigenvalue weighted by atomic mass is 79.9. The number of rotatable bonds is 6. The maximum Gasteiger partial charge on any atom is 0.363 e. The van der Waals surface area contributed by atoms with E-state index in [1.807, 2.05) is 55.5 Å². The number of hydrogen-bond acceptors (Lipinski definition) is 5. The van der Waals surface area contributed by atoms with Crippen LogP contribution in [-0.2, 0) is 16.1 Å². The van der Waals surface area contributed by atoms with Gasteiger partial charge in [0, 0.05) is 10.0 Å². The summed E-state index contributed by atoms with van der Waals surface area (Å²) in [5, 5.41) is 0.361. The normalized spacial score (nSPS) is 14.3. The molecule has 32 heavy (non-hydrogen) atoms. The third-order valence-electron chi connectivity index (χ3n) is 4.75. The lowest BCUT2D eigenvalue weighted by molar-refractivity contribution is -0.129. The Morgan fingerprint density at radius 1 is 1.12 bits per heavy atom. The third kappa shape index (κ3) is 5.03. The number of aliphatic imine (C=N–C) groups is 1. The Labute approximate surface area is 199 Å². The molecule has 3 aromatic carbocycles. The van der Waals surface area contributed by atoms with Crippen LogP contribution in [0.4, 0.5) is 0 Å². The average molecular weight is 513 g/mol. The lowest BCUT2D eigenvalue weighted by atomic mass is 10.1. The molecule has 0 unspecified atom stereocenters. The molecule has 0 aliphatic carbocycles. The fourth-order valence-electron chi connectivity index (χ4n) is 3.13. The van der Waals surface area contributed by atoms with Crippen LogP contribution >= 0.6 is 27.5 Å². The van der Waals surface area contributed by atoms with Crippen molar-refractivity contribution in [1.82, 2.24) is 0 Å². The number of nitrogens with zero attached hydrogens (tertiary/aromatic N) is 1. The van der Waals surface area contributed by atoms with Crippen LogP contribution in [0.3, 0.4) is 0 Å². The van der Waals surface area contributed by atoms with Gasteiger partial charge >= 0.3 is 5.97 Å². The van der Waals surface area contributed by atoms with E-state index in [2.05, 4.69) is 20.9 Å². The standard InChI is InChI=1S/C25H19BrClNO4/c1-15-6-8-18(9-7-15)24-28-21(25(29)32-24)12-17-11-20(27)23(22(13-17)30-2)31-14-16-4-3-5-19(26)10-16/h3-13H,14H2,1-2H3/b21-12-. The zero-order chi connectivity index (χ0) is 22.7. The molecule has 7 heteroatoms. The molecule has 1 aliphatic rings. The summed E-state index contributed by atoms with van der Waals surface area (Å²) in [4.78, 5) is 16.7. The zero-order valence-corrected chi connectivity index (χ0v) is 19.7. The minimum Gasteiger partial charge on any atom is -0.493 e. The zero-order valence-electron chi connectivity index (χ0n) is 17.4. The van der Waals surface area contributed by atoms with Crippen molar-refractivity contribution in [3.63, 3.8) is 0 Å². The third-order valence-corrected chi connectivity index (χ3v) is 5.52. The van der Waals surface area contributed by atoms with Crippen molar-refractivity contribution in [2.45, 2.75) is 13.5 Å². The van der Waals surface area contributed by atoms with Crippen molar-refractivity contribution in [1.29, 1.82) is 0 Å². The Morgan fingerprint density at radius 2 is 1.91 bits per heavy atom. The second kappa shape index (κ2) is 9.59. The number of halogens is 2. The summed E-state index contributed by atoms with van der Waals surface area (Å²) in [6.45, 7) is 2.31. The molecule has 1 heterocycles. The van der Waals surface area contributed by atoms with Gasteiger partial charge < -0.3 is 14.2 Å². The lowest BCUT2D eigenvalue weighted by Crippen LogP contribution is -2.05. The minimum absolute atomic E-state index is 0.182. The molecule has 162 valence electrons. The molecule has 0 saturated carbocycles. The van der Waals surface area contributed by atoms with Crippen molar-refractivity contribution in [3.8, 4) is 11.5 Å². The SMILES string of the molecule is COc1cc(/C=C2\N=C(c3ccc(C)cc3)OC2=O)cc(Cl)c1OCc1cccc(Br)c1. The molecule has 0 aromatic heterocycles. The van der Waals surface area contributed by atoms with Gasteiger partial charge in [-0.25, -0.2) is 9.79 Å². The van der Waals surface area contributed by atoms with Crippen molar-refractivity contribution >= 4 is 45.5 Å². The fraction of sp³-hybridized carbons (Fsp3) is 0.120. The lowest BCUT2D eigenvalue weighted by Gasteiger charge is -2.13. The maximum absolute atomic E-state index is 12.3. The molecule has 0 fully saturated rings. The monoisotopic (exact) mass is 511 g/mol. The van der Waals surface area contributed by atoms with Gasteiger partial charge in [-0.3, -0.25) is 0 Å². The largest absolute Gasteiger partial charge is 0.493 e. The van der Waals surface area contributed by atoms with Crippen LogP contribution in [0.5, 0.6) is 11.5 Å². The highest BCUT2D eigenvalue weighted by Crippen LogP contribution is 2.38. The van der Waals surface area contributed by atoms with E-state index in [1.165, 1.54) is 7.11 Å². The second-order valence-corrected chi connectivity index (χ2v) is 8.48. The summed E-state index contributed by atoms with van der Waals surface area (Å²) >= 11 is 9.92. The molecule has 0 spiro atoms. The van der Waals surface area contributed by atoms with Crippen LogP contribution < -0.4 is 9.47 Å². The molecule has 4 rings (SSSR count). The second-order valence-electron chi connectivity index (χ2n) is 7.15. The van der Waals surface area contributed by atoms with Gasteiger partial charge in [-0.2, -0.15) is 0 Å². The van der Waals surface area contributed by atoms with Crippen LogP contribution in [0.2, 0.25) is 5.02 Å². The van der Waals surface area contributed by atoms with Gasteiger partial charge in [0.05, 0.1) is 12.1 Å². The summed E-state index contributed by atoms with van der Waals surface area (Å²) in [6, 6.07) is 18.8. The van der Waals surface area contributed by atoms with Crippen LogP contribution in [0.25, 0.3) is 6.08 Å². The van der Waals surface area contributed by atoms with Gasteiger partial charge in [0.1, 0.15) is 6.61 Å². The first kappa shape index (κ1) is 22.1. The number of carbonyl (C=O) groups is 1. The molecular formula is C25H19BrClNO4. The summed E-state index contributed by atoms with van der Waals surface area (Å²) in [7, 11) is 1.53. The number of methoxy groups -OCH3 is 1. The summed E-state index contributed by atoms with van der Waals surface area (Å²) in [6.07, 6.45) is 1.61. The number of cyclic esters (lactones) is 1. The quantitative estimate of drug-likeness (QED) is 0.285. The van der Waals surface area contributed by atoms with Gasteiger partial charge in [0.2, 0.25) is 5.90 Å². The first-order valence-electron chi connectivity index (χ1n) is 9.77. The molecule has 0 N–H and O–H groups in total. The number of hydrogen-bond donors (Lipinski definition) is 0. The fourth-order valence-corrected chi connectivity index (χ4v) is 3.85. The van der Waals surface area contributed by atoms with Gasteiger partial charge in [0.25, 0.3) is 0 Å². The van der Waals surface area contributed by atoms with E-state index in [4.69, 9.17) is 25.8 Å². The van der Waals surface area contributed by atoms with Crippen LogP contribution in [0.1, 0.15) is 22.3 Å². The van der Waals surface area contributed by atoms with Gasteiger partial charge in [-0.15, -0.1) is 0 Å². The Hall–Kier alpha value is -3.09. The maximum atomic E-state index is 12.3. The predicted molar refractivity (Wildman–Crippen MR) is 128 cm³/mol. The minimum atomic E-state index is -0.523. The van der Waals surface area contributed by atoms with Crippen molar-refractivity contribution < 1.29 is 19.0 Å². The topological polar surface area (TPSA) is 57.1 Å². The molecule has 1 aliphatic heterocycles. The van der Waals surface area contributed by atoms with E-state index < -0.39 is 5.97 Å².